The molecular formula is C22H22ClF2N3O3. The number of anilines is 1. The van der Waals surface area contributed by atoms with E-state index in [1.165, 1.54) is 24.3 Å². The van der Waals surface area contributed by atoms with Crippen molar-refractivity contribution >= 4 is 29.1 Å². The molecule has 164 valence electrons. The van der Waals surface area contributed by atoms with Gasteiger partial charge in [0.1, 0.15) is 5.75 Å². The van der Waals surface area contributed by atoms with E-state index in [-0.39, 0.29) is 23.5 Å². The van der Waals surface area contributed by atoms with Crippen molar-refractivity contribution in [3.8, 4) is 11.8 Å². The second kappa shape index (κ2) is 9.48. The number of hydrogen-bond acceptors (Lipinski definition) is 4. The zero-order valence-corrected chi connectivity index (χ0v) is 17.6. The third-order valence-electron chi connectivity index (χ3n) is 5.63. The summed E-state index contributed by atoms with van der Waals surface area (Å²) in [6.07, 6.45) is 5.83. The van der Waals surface area contributed by atoms with Crippen molar-refractivity contribution in [2.24, 2.45) is 17.3 Å². The van der Waals surface area contributed by atoms with Crippen molar-refractivity contribution in [1.82, 2.24) is 4.90 Å². The van der Waals surface area contributed by atoms with Crippen LogP contribution >= 0.6 is 11.6 Å². The van der Waals surface area contributed by atoms with Crippen LogP contribution in [0.4, 0.5) is 14.5 Å². The molecule has 1 heterocycles. The second-order valence-electron chi connectivity index (χ2n) is 7.74. The number of alkyl halides is 2. The number of carbonyl (C=O) groups is 2. The first kappa shape index (κ1) is 22.8. The number of allylic oxidation sites excluding steroid dienone is 3. The predicted molar refractivity (Wildman–Crippen MR) is 111 cm³/mol. The van der Waals surface area contributed by atoms with Gasteiger partial charge in [0, 0.05) is 29.7 Å². The number of hydrogen-bond donors (Lipinski definition) is 1. The number of nitrogens with one attached hydrogen (secondary N) is 1. The van der Waals surface area contributed by atoms with Crippen molar-refractivity contribution in [3.05, 3.63) is 47.5 Å². The first-order valence-corrected chi connectivity index (χ1v) is 10.2. The van der Waals surface area contributed by atoms with E-state index in [4.69, 9.17) is 11.6 Å². The Labute approximate surface area is 184 Å². The van der Waals surface area contributed by atoms with Crippen molar-refractivity contribution in [2.75, 3.05) is 18.4 Å². The van der Waals surface area contributed by atoms with Crippen molar-refractivity contribution in [1.29, 1.82) is 5.26 Å². The van der Waals surface area contributed by atoms with E-state index in [1.807, 2.05) is 0 Å². The van der Waals surface area contributed by atoms with Crippen LogP contribution in [-0.2, 0) is 9.59 Å². The zero-order chi connectivity index (χ0) is 22.6. The summed E-state index contributed by atoms with van der Waals surface area (Å²) in [5, 5.41) is 12.6. The van der Waals surface area contributed by atoms with Gasteiger partial charge in [-0.25, -0.2) is 0 Å². The molecule has 1 N–H and O–H groups in total. The molecule has 9 heteroatoms. The molecule has 1 aliphatic heterocycles. The third kappa shape index (κ3) is 5.23. The number of halogens is 3. The number of amides is 2. The van der Waals surface area contributed by atoms with Crippen LogP contribution in [0.3, 0.4) is 0 Å². The number of nitrogens with zero attached hydrogens (tertiary/aromatic N) is 2. The molecular weight excluding hydrogens is 428 g/mol. The van der Waals surface area contributed by atoms with Crippen molar-refractivity contribution < 1.29 is 23.1 Å². The Kier molecular flexibility index (Phi) is 6.96. The Balaban J connectivity index is 1.56. The molecule has 0 radical (unpaired) electrons. The van der Waals surface area contributed by atoms with E-state index in [1.54, 1.807) is 30.1 Å². The van der Waals surface area contributed by atoms with Crippen LogP contribution < -0.4 is 10.1 Å². The average molecular weight is 450 g/mol. The smallest absolute Gasteiger partial charge is 0.387 e. The summed E-state index contributed by atoms with van der Waals surface area (Å²) in [5.41, 5.74) is -0.569. The van der Waals surface area contributed by atoms with Crippen LogP contribution in [0.2, 0.25) is 0 Å². The molecule has 1 saturated heterocycles. The quantitative estimate of drug-likeness (QED) is 0.726. The lowest BCUT2D eigenvalue weighted by atomic mass is 9.73. The average Bonchev–Trinajstić information content (AvgIpc) is 2.74. The van der Waals surface area contributed by atoms with Crippen LogP contribution in [0.25, 0.3) is 0 Å². The van der Waals surface area contributed by atoms with Gasteiger partial charge in [0.2, 0.25) is 11.8 Å². The summed E-state index contributed by atoms with van der Waals surface area (Å²) in [7, 11) is 0. The fourth-order valence-corrected chi connectivity index (χ4v) is 4.13. The summed E-state index contributed by atoms with van der Waals surface area (Å²) in [6, 6.07) is 7.84. The highest BCUT2D eigenvalue weighted by molar-refractivity contribution is 6.31. The normalized spacial score (nSPS) is 23.8. The Morgan fingerprint density at radius 3 is 2.52 bits per heavy atom. The van der Waals surface area contributed by atoms with E-state index in [0.717, 1.165) is 0 Å². The zero-order valence-electron chi connectivity index (χ0n) is 16.9. The molecule has 2 atom stereocenters. The van der Waals surface area contributed by atoms with E-state index in [9.17, 15) is 23.6 Å². The third-order valence-corrected chi connectivity index (χ3v) is 5.87. The summed E-state index contributed by atoms with van der Waals surface area (Å²) < 4.78 is 28.7. The van der Waals surface area contributed by atoms with Gasteiger partial charge in [-0.1, -0.05) is 17.7 Å². The molecule has 0 spiro atoms. The van der Waals surface area contributed by atoms with Gasteiger partial charge >= 0.3 is 6.61 Å². The van der Waals surface area contributed by atoms with Gasteiger partial charge in [0.25, 0.3) is 0 Å². The van der Waals surface area contributed by atoms with E-state index < -0.39 is 17.9 Å². The molecule has 3 rings (SSSR count). The minimum Gasteiger partial charge on any atom is -0.435 e. The van der Waals surface area contributed by atoms with Crippen LogP contribution in [0.15, 0.2) is 47.5 Å². The van der Waals surface area contributed by atoms with Gasteiger partial charge in [0.15, 0.2) is 0 Å². The fourth-order valence-electron chi connectivity index (χ4n) is 3.83. The lowest BCUT2D eigenvalue weighted by molar-refractivity contribution is -0.142. The molecule has 1 fully saturated rings. The van der Waals surface area contributed by atoms with Crippen molar-refractivity contribution in [2.45, 2.75) is 26.4 Å². The molecule has 2 unspecified atom stereocenters. The van der Waals surface area contributed by atoms with Gasteiger partial charge in [-0.15, -0.1) is 0 Å². The number of nitriles is 1. The van der Waals surface area contributed by atoms with Gasteiger partial charge in [-0.05, 0) is 56.2 Å². The van der Waals surface area contributed by atoms with E-state index >= 15 is 0 Å². The second-order valence-corrected chi connectivity index (χ2v) is 8.17. The molecule has 1 aromatic carbocycles. The predicted octanol–water partition coefficient (Wildman–Crippen LogP) is 4.30. The van der Waals surface area contributed by atoms with Crippen LogP contribution in [0.1, 0.15) is 19.8 Å². The number of rotatable bonds is 5. The van der Waals surface area contributed by atoms with Gasteiger partial charge < -0.3 is 15.0 Å². The molecule has 1 aromatic rings. The summed E-state index contributed by atoms with van der Waals surface area (Å²) >= 11 is 6.08. The highest BCUT2D eigenvalue weighted by Gasteiger charge is 2.44. The van der Waals surface area contributed by atoms with Crippen LogP contribution in [-0.4, -0.2) is 36.4 Å². The summed E-state index contributed by atoms with van der Waals surface area (Å²) in [5.74, 6) is -1.27. The summed E-state index contributed by atoms with van der Waals surface area (Å²) in [4.78, 5) is 27.4. The van der Waals surface area contributed by atoms with Crippen LogP contribution in [0, 0.1) is 28.6 Å². The monoisotopic (exact) mass is 449 g/mol. The lowest BCUT2D eigenvalue weighted by Gasteiger charge is -2.39. The number of ether oxygens (including phenoxy) is 1. The SMILES string of the molecule is CC1(C(=O)N2CCC(C(=O)Nc3ccc(OC(F)F)cc3)CC2)C=C(Cl)C=CC1C#N. The topological polar surface area (TPSA) is 82.4 Å². The first-order chi connectivity index (χ1) is 14.7. The molecule has 0 aromatic heterocycles. The van der Waals surface area contributed by atoms with Crippen LogP contribution in [0.5, 0.6) is 5.75 Å². The molecule has 31 heavy (non-hydrogen) atoms. The fraction of sp³-hybridized carbons (Fsp3) is 0.409. The number of carbonyl (C=O) groups excluding carboxylic acids is 2. The Morgan fingerprint density at radius 1 is 1.29 bits per heavy atom. The molecule has 2 amide bonds. The highest BCUT2D eigenvalue weighted by Crippen LogP contribution is 2.38. The Morgan fingerprint density at radius 2 is 1.94 bits per heavy atom. The van der Waals surface area contributed by atoms with E-state index in [0.29, 0.717) is 36.7 Å². The maximum Gasteiger partial charge on any atom is 0.387 e. The van der Waals surface area contributed by atoms with Crippen molar-refractivity contribution in [3.63, 3.8) is 0 Å². The molecule has 6 nitrogen and oxygen atoms in total. The molecule has 2 aliphatic rings. The Bertz CT molecular complexity index is 934. The minimum absolute atomic E-state index is 0.00991. The van der Waals surface area contributed by atoms with Gasteiger partial charge in [0.05, 0.1) is 17.4 Å². The molecule has 0 saturated carbocycles. The lowest BCUT2D eigenvalue weighted by Crippen LogP contribution is -2.49. The number of likely N-dealkylation sites (tertiary alicyclic amines) is 1. The minimum atomic E-state index is -2.91. The van der Waals surface area contributed by atoms with Gasteiger partial charge in [-0.2, -0.15) is 14.0 Å². The maximum absolute atomic E-state index is 13.1. The number of benzene rings is 1. The Hall–Kier alpha value is -2.92. The largest absolute Gasteiger partial charge is 0.435 e. The van der Waals surface area contributed by atoms with Gasteiger partial charge in [-0.3, -0.25) is 9.59 Å². The standard InChI is InChI=1S/C22H22ClF2N3O3/c1-22(12-16(23)3-2-15(22)13-26)20(30)28-10-8-14(9-11-28)19(29)27-17-4-6-18(7-5-17)31-21(24)25/h2-7,12,14-15,21H,8-11H2,1H3,(H,27,29). The molecule has 0 bridgehead atoms. The maximum atomic E-state index is 13.1. The highest BCUT2D eigenvalue weighted by atomic mass is 35.5. The summed E-state index contributed by atoms with van der Waals surface area (Å²) in [6.45, 7) is -0.424. The van der Waals surface area contributed by atoms with E-state index in [2.05, 4.69) is 16.1 Å². The number of piperidine rings is 1. The molecule has 1 aliphatic carbocycles. The first-order valence-electron chi connectivity index (χ1n) is 9.84.